The van der Waals surface area contributed by atoms with Crippen LogP contribution in [-0.4, -0.2) is 24.3 Å². The minimum Gasteiger partial charge on any atom is -0.383 e. The number of nitrogens with one attached hydrogen (secondary N) is 1. The van der Waals surface area contributed by atoms with E-state index in [1.54, 1.807) is 16.7 Å². The summed E-state index contributed by atoms with van der Waals surface area (Å²) in [6.45, 7) is 4.42. The van der Waals surface area contributed by atoms with Crippen molar-refractivity contribution in [3.8, 4) is 0 Å². The fourth-order valence-corrected chi connectivity index (χ4v) is 4.76. The van der Waals surface area contributed by atoms with Crippen molar-refractivity contribution in [1.82, 2.24) is 24.3 Å². The van der Waals surface area contributed by atoms with Gasteiger partial charge in [0.15, 0.2) is 0 Å². The van der Waals surface area contributed by atoms with E-state index in [4.69, 9.17) is 5.73 Å². The molecule has 36 heavy (non-hydrogen) atoms. The Bertz CT molecular complexity index is 1620. The molecule has 0 amide bonds. The SMILES string of the molecule is Cc1cc2c(N)nccc2c(C)c1CNc1cc(C(F)(F)c2cn3cc(C4CC4)ccc3n2)ncn1. The Morgan fingerprint density at radius 2 is 1.86 bits per heavy atom. The molecular formula is C27H25F2N7. The number of aromatic nitrogens is 5. The first-order valence-corrected chi connectivity index (χ1v) is 11.9. The maximum absolute atomic E-state index is 15.5. The summed E-state index contributed by atoms with van der Waals surface area (Å²) in [5.74, 6) is -2.05. The van der Waals surface area contributed by atoms with E-state index in [9.17, 15) is 0 Å². The first-order chi connectivity index (χ1) is 17.3. The van der Waals surface area contributed by atoms with Gasteiger partial charge in [0.25, 0.3) is 0 Å². The van der Waals surface area contributed by atoms with Crippen molar-refractivity contribution in [2.45, 2.75) is 45.1 Å². The van der Waals surface area contributed by atoms with Gasteiger partial charge in [-0.25, -0.2) is 19.9 Å². The number of hydrogen-bond acceptors (Lipinski definition) is 6. The van der Waals surface area contributed by atoms with Crippen LogP contribution in [0.3, 0.4) is 0 Å². The van der Waals surface area contributed by atoms with Crippen LogP contribution in [0.25, 0.3) is 16.4 Å². The Hall–Kier alpha value is -4.14. The van der Waals surface area contributed by atoms with Gasteiger partial charge in [0.05, 0.1) is 0 Å². The Kier molecular flexibility index (Phi) is 5.10. The van der Waals surface area contributed by atoms with Gasteiger partial charge in [0, 0.05) is 36.6 Å². The molecule has 1 aliphatic carbocycles. The summed E-state index contributed by atoms with van der Waals surface area (Å²) in [6, 6.07) is 8.97. The summed E-state index contributed by atoms with van der Waals surface area (Å²) < 4.78 is 32.6. The molecule has 5 aromatic rings. The molecule has 1 saturated carbocycles. The average Bonchev–Trinajstić information content (AvgIpc) is 3.62. The molecule has 7 nitrogen and oxygen atoms in total. The number of alkyl halides is 2. The quantitative estimate of drug-likeness (QED) is 0.330. The average molecular weight is 486 g/mol. The highest BCUT2D eigenvalue weighted by Crippen LogP contribution is 2.40. The maximum atomic E-state index is 15.5. The van der Waals surface area contributed by atoms with Crippen molar-refractivity contribution in [3.05, 3.63) is 88.9 Å². The Morgan fingerprint density at radius 1 is 1.03 bits per heavy atom. The van der Waals surface area contributed by atoms with Gasteiger partial charge >= 0.3 is 5.92 Å². The van der Waals surface area contributed by atoms with E-state index < -0.39 is 11.6 Å². The molecule has 9 heteroatoms. The molecule has 0 bridgehead atoms. The first-order valence-electron chi connectivity index (χ1n) is 11.9. The molecular weight excluding hydrogens is 460 g/mol. The van der Waals surface area contributed by atoms with Crippen LogP contribution in [-0.2, 0) is 12.5 Å². The van der Waals surface area contributed by atoms with E-state index in [2.05, 4.69) is 25.3 Å². The van der Waals surface area contributed by atoms with Crippen molar-refractivity contribution >= 4 is 28.1 Å². The van der Waals surface area contributed by atoms with Crippen LogP contribution in [0.2, 0.25) is 0 Å². The summed E-state index contributed by atoms with van der Waals surface area (Å²) in [5, 5.41) is 5.09. The van der Waals surface area contributed by atoms with Gasteiger partial charge in [-0.15, -0.1) is 0 Å². The number of pyridine rings is 2. The third kappa shape index (κ3) is 3.80. The van der Waals surface area contributed by atoms with Crippen LogP contribution in [0.5, 0.6) is 0 Å². The fraction of sp³-hybridized carbons (Fsp3) is 0.259. The lowest BCUT2D eigenvalue weighted by Crippen LogP contribution is -2.18. The second kappa shape index (κ2) is 8.22. The molecule has 0 radical (unpaired) electrons. The molecule has 1 aromatic carbocycles. The van der Waals surface area contributed by atoms with Crippen molar-refractivity contribution < 1.29 is 8.78 Å². The zero-order valence-corrected chi connectivity index (χ0v) is 20.0. The predicted molar refractivity (Wildman–Crippen MR) is 135 cm³/mol. The number of nitrogens with two attached hydrogens (primary N) is 1. The van der Waals surface area contributed by atoms with E-state index in [1.165, 1.54) is 12.3 Å². The highest BCUT2D eigenvalue weighted by molar-refractivity contribution is 5.94. The lowest BCUT2D eigenvalue weighted by Gasteiger charge is -2.16. The molecule has 4 heterocycles. The first kappa shape index (κ1) is 22.3. The van der Waals surface area contributed by atoms with Crippen molar-refractivity contribution in [2.24, 2.45) is 0 Å². The Labute approximate surface area is 206 Å². The summed E-state index contributed by atoms with van der Waals surface area (Å²) in [6.07, 6.45) is 8.40. The summed E-state index contributed by atoms with van der Waals surface area (Å²) >= 11 is 0. The molecule has 4 aromatic heterocycles. The predicted octanol–water partition coefficient (Wildman–Crippen LogP) is 5.50. The molecule has 0 unspecified atom stereocenters. The molecule has 0 saturated heterocycles. The Balaban J connectivity index is 1.27. The van der Waals surface area contributed by atoms with Crippen LogP contribution in [0.4, 0.5) is 20.4 Å². The normalized spacial score (nSPS) is 14.0. The highest BCUT2D eigenvalue weighted by atomic mass is 19.3. The maximum Gasteiger partial charge on any atom is 0.333 e. The molecule has 1 aliphatic rings. The third-order valence-corrected chi connectivity index (χ3v) is 6.99. The highest BCUT2D eigenvalue weighted by Gasteiger charge is 2.39. The number of fused-ring (bicyclic) bond motifs is 2. The van der Waals surface area contributed by atoms with Crippen molar-refractivity contribution in [2.75, 3.05) is 11.1 Å². The van der Waals surface area contributed by atoms with Gasteiger partial charge in [-0.2, -0.15) is 8.78 Å². The molecule has 0 spiro atoms. The standard InChI is InChI=1S/C27H25F2N7/c1-15-9-20-19(7-8-31-26(20)30)16(2)21(15)11-32-24-10-22(33-14-34-24)27(28,29)23-13-36-12-18(17-3-4-17)5-6-25(36)35-23/h5-10,12-14,17H,3-4,11H2,1-2H3,(H2,30,31)(H,32,33,34). The number of benzene rings is 1. The van der Waals surface area contributed by atoms with Gasteiger partial charge in [-0.3, -0.25) is 0 Å². The second-order valence-electron chi connectivity index (χ2n) is 9.43. The molecule has 0 atom stereocenters. The van der Waals surface area contributed by atoms with Crippen molar-refractivity contribution in [3.63, 3.8) is 0 Å². The number of aryl methyl sites for hydroxylation is 2. The summed E-state index contributed by atoms with van der Waals surface area (Å²) in [5.41, 5.74) is 10.1. The van der Waals surface area contributed by atoms with Gasteiger partial charge in [-0.1, -0.05) is 6.07 Å². The zero-order valence-electron chi connectivity index (χ0n) is 20.0. The number of anilines is 2. The van der Waals surface area contributed by atoms with Gasteiger partial charge in [0.1, 0.15) is 35.0 Å². The van der Waals surface area contributed by atoms with Crippen LogP contribution in [0.15, 0.2) is 55.2 Å². The van der Waals surface area contributed by atoms with E-state index in [0.29, 0.717) is 29.7 Å². The number of imidazole rings is 1. The second-order valence-corrected chi connectivity index (χ2v) is 9.43. The van der Waals surface area contributed by atoms with Gasteiger partial charge in [-0.05, 0) is 78.4 Å². The molecule has 182 valence electrons. The lowest BCUT2D eigenvalue weighted by molar-refractivity contribution is 0.0337. The van der Waals surface area contributed by atoms with Crippen LogP contribution in [0, 0.1) is 13.8 Å². The number of nitrogens with zero attached hydrogens (tertiary/aromatic N) is 5. The zero-order chi connectivity index (χ0) is 25.0. The van der Waals surface area contributed by atoms with E-state index in [-0.39, 0.29) is 5.69 Å². The number of nitrogen functional groups attached to an aromatic ring is 1. The summed E-state index contributed by atoms with van der Waals surface area (Å²) in [4.78, 5) is 16.4. The largest absolute Gasteiger partial charge is 0.383 e. The minimum atomic E-state index is -3.37. The van der Waals surface area contributed by atoms with Gasteiger partial charge in [0.2, 0.25) is 0 Å². The number of hydrogen-bond donors (Lipinski definition) is 2. The summed E-state index contributed by atoms with van der Waals surface area (Å²) in [7, 11) is 0. The number of rotatable bonds is 6. The third-order valence-electron chi connectivity index (χ3n) is 6.99. The lowest BCUT2D eigenvalue weighted by atomic mass is 9.96. The van der Waals surface area contributed by atoms with E-state index in [0.717, 1.165) is 52.2 Å². The molecule has 1 fully saturated rings. The smallest absolute Gasteiger partial charge is 0.333 e. The van der Waals surface area contributed by atoms with Crippen LogP contribution >= 0.6 is 0 Å². The van der Waals surface area contributed by atoms with Crippen molar-refractivity contribution in [1.29, 1.82) is 0 Å². The van der Waals surface area contributed by atoms with E-state index >= 15 is 8.78 Å². The Morgan fingerprint density at radius 3 is 2.67 bits per heavy atom. The number of halogens is 2. The molecule has 6 rings (SSSR count). The van der Waals surface area contributed by atoms with Crippen LogP contribution in [0.1, 0.15) is 52.4 Å². The van der Waals surface area contributed by atoms with Gasteiger partial charge < -0.3 is 15.5 Å². The fourth-order valence-electron chi connectivity index (χ4n) is 4.76. The monoisotopic (exact) mass is 485 g/mol. The van der Waals surface area contributed by atoms with Crippen LogP contribution < -0.4 is 11.1 Å². The topological polar surface area (TPSA) is 94.0 Å². The van der Waals surface area contributed by atoms with E-state index in [1.807, 2.05) is 38.2 Å². The molecule has 3 N–H and O–H groups in total. The minimum absolute atomic E-state index is 0.313. The molecule has 0 aliphatic heterocycles.